The lowest BCUT2D eigenvalue weighted by molar-refractivity contribution is 0.140. The number of aryl methyl sites for hydroxylation is 2. The highest BCUT2D eigenvalue weighted by Gasteiger charge is 2.24. The van der Waals surface area contributed by atoms with Crippen molar-refractivity contribution < 1.29 is 9.84 Å². The molecule has 0 saturated heterocycles. The van der Waals surface area contributed by atoms with Crippen LogP contribution in [0.15, 0.2) is 12.1 Å². The number of benzene rings is 1. The van der Waals surface area contributed by atoms with E-state index in [9.17, 15) is 5.11 Å². The first-order chi connectivity index (χ1) is 6.34. The molecular weight excluding hydrogens is 164 g/mol. The van der Waals surface area contributed by atoms with Crippen LogP contribution in [0.1, 0.15) is 29.2 Å². The maximum absolute atomic E-state index is 9.59. The molecule has 0 fully saturated rings. The number of ether oxygens (including phenoxy) is 1. The van der Waals surface area contributed by atoms with Gasteiger partial charge in [0.2, 0.25) is 0 Å². The van der Waals surface area contributed by atoms with Gasteiger partial charge in [-0.25, -0.2) is 0 Å². The molecule has 1 aliphatic carbocycles. The van der Waals surface area contributed by atoms with E-state index >= 15 is 0 Å². The first-order valence-corrected chi connectivity index (χ1v) is 4.81. The van der Waals surface area contributed by atoms with Crippen LogP contribution in [0.2, 0.25) is 0 Å². The highest BCUT2D eigenvalue weighted by atomic mass is 16.5. The Morgan fingerprint density at radius 1 is 1.23 bits per heavy atom. The lowest BCUT2D eigenvalue weighted by Crippen LogP contribution is -1.97. The molecule has 1 unspecified atom stereocenters. The van der Waals surface area contributed by atoms with Crippen molar-refractivity contribution in [2.75, 3.05) is 6.61 Å². The summed E-state index contributed by atoms with van der Waals surface area (Å²) in [6, 6.07) is 4.23. The molecule has 0 saturated carbocycles. The fourth-order valence-electron chi connectivity index (χ4n) is 2.26. The second-order valence-corrected chi connectivity index (χ2v) is 3.84. The Kier molecular flexibility index (Phi) is 1.41. The zero-order valence-corrected chi connectivity index (χ0v) is 7.42. The van der Waals surface area contributed by atoms with Gasteiger partial charge in [0, 0.05) is 5.56 Å². The molecule has 1 aromatic rings. The maximum atomic E-state index is 9.59. The second kappa shape index (κ2) is 2.48. The minimum absolute atomic E-state index is 0.402. The van der Waals surface area contributed by atoms with E-state index in [1.54, 1.807) is 0 Å². The third-order valence-corrected chi connectivity index (χ3v) is 2.98. The van der Waals surface area contributed by atoms with E-state index in [0.717, 1.165) is 17.7 Å². The summed E-state index contributed by atoms with van der Waals surface area (Å²) in [6.45, 7) is 0.429. The summed E-state index contributed by atoms with van der Waals surface area (Å²) < 4.78 is 5.39. The summed E-state index contributed by atoms with van der Waals surface area (Å²) >= 11 is 0. The third-order valence-electron chi connectivity index (χ3n) is 2.98. The summed E-state index contributed by atoms with van der Waals surface area (Å²) in [5, 5.41) is 9.59. The second-order valence-electron chi connectivity index (χ2n) is 3.84. The van der Waals surface area contributed by atoms with Crippen LogP contribution in [0.4, 0.5) is 0 Å². The fraction of sp³-hybridized carbons (Fsp3) is 0.455. The first kappa shape index (κ1) is 7.39. The molecule has 0 bridgehead atoms. The number of aliphatic hydroxyl groups is 1. The molecule has 13 heavy (non-hydrogen) atoms. The maximum Gasteiger partial charge on any atom is 0.125 e. The molecule has 0 spiro atoms. The fourth-order valence-corrected chi connectivity index (χ4v) is 2.26. The number of fused-ring (bicyclic) bond motifs is 2. The standard InChI is InChI=1S/C11H12O2/c12-10-6-13-11-5-8-3-1-2-7(8)4-9(10)11/h4-5,10,12H,1-3,6H2. The van der Waals surface area contributed by atoms with Crippen molar-refractivity contribution in [1.29, 1.82) is 0 Å². The highest BCUT2D eigenvalue weighted by molar-refractivity contribution is 5.47. The van der Waals surface area contributed by atoms with Crippen molar-refractivity contribution >= 4 is 0 Å². The Bertz CT molecular complexity index is 357. The molecule has 3 rings (SSSR count). The Morgan fingerprint density at radius 2 is 2.00 bits per heavy atom. The Balaban J connectivity index is 2.16. The van der Waals surface area contributed by atoms with Crippen LogP contribution in [-0.4, -0.2) is 11.7 Å². The number of rotatable bonds is 0. The predicted molar refractivity (Wildman–Crippen MR) is 48.9 cm³/mol. The predicted octanol–water partition coefficient (Wildman–Crippen LogP) is 1.60. The molecule has 0 radical (unpaired) electrons. The van der Waals surface area contributed by atoms with Gasteiger partial charge in [0.25, 0.3) is 0 Å². The van der Waals surface area contributed by atoms with Gasteiger partial charge in [-0.2, -0.15) is 0 Å². The van der Waals surface area contributed by atoms with E-state index in [2.05, 4.69) is 12.1 Å². The zero-order chi connectivity index (χ0) is 8.84. The van der Waals surface area contributed by atoms with Crippen molar-refractivity contribution in [3.8, 4) is 5.75 Å². The Hall–Kier alpha value is -1.02. The summed E-state index contributed by atoms with van der Waals surface area (Å²) in [5.41, 5.74) is 3.80. The molecule has 2 aliphatic rings. The lowest BCUT2D eigenvalue weighted by atomic mass is 10.0. The van der Waals surface area contributed by atoms with Crippen LogP contribution in [-0.2, 0) is 12.8 Å². The van der Waals surface area contributed by atoms with Crippen molar-refractivity contribution in [1.82, 2.24) is 0 Å². The zero-order valence-electron chi connectivity index (χ0n) is 7.42. The van der Waals surface area contributed by atoms with E-state index in [4.69, 9.17) is 4.74 Å². The minimum Gasteiger partial charge on any atom is -0.490 e. The van der Waals surface area contributed by atoms with Gasteiger partial charge in [0.05, 0.1) is 0 Å². The van der Waals surface area contributed by atoms with E-state index in [1.807, 2.05) is 0 Å². The van der Waals surface area contributed by atoms with Gasteiger partial charge < -0.3 is 9.84 Å². The highest BCUT2D eigenvalue weighted by Crippen LogP contribution is 2.37. The van der Waals surface area contributed by atoms with Crippen molar-refractivity contribution in [2.24, 2.45) is 0 Å². The molecule has 1 atom stereocenters. The SMILES string of the molecule is OC1COc2cc3c(cc21)CCC3. The number of aliphatic hydroxyl groups excluding tert-OH is 1. The van der Waals surface area contributed by atoms with Crippen LogP contribution in [0, 0.1) is 0 Å². The molecule has 0 aromatic heterocycles. The van der Waals surface area contributed by atoms with E-state index in [0.29, 0.717) is 6.61 Å². The van der Waals surface area contributed by atoms with Crippen LogP contribution in [0.3, 0.4) is 0 Å². The minimum atomic E-state index is -0.402. The first-order valence-electron chi connectivity index (χ1n) is 4.81. The molecule has 0 amide bonds. The molecule has 68 valence electrons. The topological polar surface area (TPSA) is 29.5 Å². The van der Waals surface area contributed by atoms with Crippen LogP contribution >= 0.6 is 0 Å². The largest absolute Gasteiger partial charge is 0.490 e. The average molecular weight is 176 g/mol. The summed E-state index contributed by atoms with van der Waals surface area (Å²) in [5.74, 6) is 0.896. The van der Waals surface area contributed by atoms with Crippen molar-refractivity contribution in [2.45, 2.75) is 25.4 Å². The van der Waals surface area contributed by atoms with Gasteiger partial charge in [-0.15, -0.1) is 0 Å². The van der Waals surface area contributed by atoms with Crippen molar-refractivity contribution in [3.05, 3.63) is 28.8 Å². The number of hydrogen-bond acceptors (Lipinski definition) is 2. The Labute approximate surface area is 77.2 Å². The lowest BCUT2D eigenvalue weighted by Gasteiger charge is -2.04. The molecule has 1 aromatic carbocycles. The smallest absolute Gasteiger partial charge is 0.125 e. The quantitative estimate of drug-likeness (QED) is 0.650. The average Bonchev–Trinajstić information content (AvgIpc) is 2.70. The molecule has 2 heteroatoms. The summed E-state index contributed by atoms with van der Waals surface area (Å²) in [6.07, 6.45) is 3.17. The summed E-state index contributed by atoms with van der Waals surface area (Å²) in [7, 11) is 0. The third kappa shape index (κ3) is 0.985. The Morgan fingerprint density at radius 3 is 2.85 bits per heavy atom. The van der Waals surface area contributed by atoms with Crippen molar-refractivity contribution in [3.63, 3.8) is 0 Å². The van der Waals surface area contributed by atoms with E-state index in [1.165, 1.54) is 24.0 Å². The van der Waals surface area contributed by atoms with Gasteiger partial charge in [0.1, 0.15) is 18.5 Å². The number of hydrogen-bond donors (Lipinski definition) is 1. The van der Waals surface area contributed by atoms with Crippen LogP contribution in [0.25, 0.3) is 0 Å². The van der Waals surface area contributed by atoms with Gasteiger partial charge >= 0.3 is 0 Å². The molecular formula is C11H12O2. The van der Waals surface area contributed by atoms with Gasteiger partial charge in [-0.1, -0.05) is 0 Å². The summed E-state index contributed by atoms with van der Waals surface area (Å²) in [4.78, 5) is 0. The molecule has 1 aliphatic heterocycles. The van der Waals surface area contributed by atoms with Crippen LogP contribution < -0.4 is 4.74 Å². The van der Waals surface area contributed by atoms with E-state index in [-0.39, 0.29) is 0 Å². The van der Waals surface area contributed by atoms with Gasteiger partial charge in [-0.05, 0) is 42.5 Å². The molecule has 2 nitrogen and oxygen atoms in total. The van der Waals surface area contributed by atoms with Gasteiger partial charge in [-0.3, -0.25) is 0 Å². The molecule has 1 heterocycles. The monoisotopic (exact) mass is 176 g/mol. The van der Waals surface area contributed by atoms with Gasteiger partial charge in [0.15, 0.2) is 0 Å². The normalized spacial score (nSPS) is 23.9. The molecule has 1 N–H and O–H groups in total. The van der Waals surface area contributed by atoms with Crippen LogP contribution in [0.5, 0.6) is 5.75 Å². The van der Waals surface area contributed by atoms with E-state index < -0.39 is 6.10 Å².